The van der Waals surface area contributed by atoms with Gasteiger partial charge in [0.1, 0.15) is 0 Å². The first-order valence-corrected chi connectivity index (χ1v) is 7.32. The first kappa shape index (κ1) is 20.8. The van der Waals surface area contributed by atoms with E-state index in [2.05, 4.69) is 47.6 Å². The fraction of sp³-hybridized carbons (Fsp3) is 0.722. The van der Waals surface area contributed by atoms with Crippen molar-refractivity contribution in [3.8, 4) is 0 Å². The molecular weight excluding hydrogens is 269 g/mol. The minimum absolute atomic E-state index is 0. The Kier molecular flexibility index (Phi) is 7.66. The molecule has 2 unspecified atom stereocenters. The Balaban J connectivity index is 0. The molecule has 0 radical (unpaired) electrons. The molecule has 0 saturated heterocycles. The van der Waals surface area contributed by atoms with Gasteiger partial charge in [-0.2, -0.15) is 0 Å². The molecule has 110 valence electrons. The summed E-state index contributed by atoms with van der Waals surface area (Å²) in [6, 6.07) is 0.284. The molecule has 0 aromatic heterocycles. The van der Waals surface area contributed by atoms with Crippen molar-refractivity contribution in [1.82, 2.24) is 0 Å². The van der Waals surface area contributed by atoms with Crippen molar-refractivity contribution in [3.05, 3.63) is 23.8 Å². The summed E-state index contributed by atoms with van der Waals surface area (Å²) in [5.74, 6) is 0.289. The van der Waals surface area contributed by atoms with Gasteiger partial charge in [-0.25, -0.2) is 0 Å². The van der Waals surface area contributed by atoms with Gasteiger partial charge in [0.2, 0.25) is 0 Å². The number of aliphatic imine (C=N–C) groups is 1. The van der Waals surface area contributed by atoms with E-state index in [4.69, 9.17) is 11.6 Å². The normalized spacial score (nSPS) is 25.7. The monoisotopic (exact) mass is 299 g/mol. The molecule has 1 nitrogen and oxygen atoms in total. The van der Waals surface area contributed by atoms with Gasteiger partial charge in [0.15, 0.2) is 0 Å². The third-order valence-electron chi connectivity index (χ3n) is 5.21. The van der Waals surface area contributed by atoms with Gasteiger partial charge in [-0.15, -0.1) is 13.8 Å². The zero-order valence-corrected chi connectivity index (χ0v) is 18.0. The molecule has 1 aliphatic rings. The van der Waals surface area contributed by atoms with E-state index in [-0.39, 0.29) is 75.6 Å². The molecule has 0 fully saturated rings. The molecule has 0 aliphatic carbocycles. The van der Waals surface area contributed by atoms with Crippen molar-refractivity contribution in [2.24, 2.45) is 21.7 Å². The molecule has 0 spiro atoms. The molecular formula is C18H30KN-2. The van der Waals surface area contributed by atoms with E-state index in [0.29, 0.717) is 0 Å². The van der Waals surface area contributed by atoms with Crippen LogP contribution in [0.3, 0.4) is 0 Å². The summed E-state index contributed by atoms with van der Waals surface area (Å²) in [7, 11) is 0. The summed E-state index contributed by atoms with van der Waals surface area (Å²) in [5.41, 5.74) is 3.54. The van der Waals surface area contributed by atoms with Crippen LogP contribution in [-0.2, 0) is 0 Å². The van der Waals surface area contributed by atoms with Gasteiger partial charge >= 0.3 is 51.4 Å². The number of rotatable bonds is 4. The zero-order chi connectivity index (χ0) is 15.0. The van der Waals surface area contributed by atoms with Crippen LogP contribution in [0.15, 0.2) is 16.1 Å². The van der Waals surface area contributed by atoms with Gasteiger partial charge in [0, 0.05) is 17.2 Å². The van der Waals surface area contributed by atoms with Gasteiger partial charge < -0.3 is 25.2 Å². The van der Waals surface area contributed by atoms with Crippen molar-refractivity contribution in [1.29, 1.82) is 0 Å². The fourth-order valence-corrected chi connectivity index (χ4v) is 3.04. The molecule has 0 saturated carbocycles. The first-order valence-electron chi connectivity index (χ1n) is 7.32. The van der Waals surface area contributed by atoms with Gasteiger partial charge in [0.25, 0.3) is 0 Å². The molecule has 0 aromatic rings. The summed E-state index contributed by atoms with van der Waals surface area (Å²) in [6.45, 7) is 23.5. The third kappa shape index (κ3) is 3.75. The van der Waals surface area contributed by atoms with Crippen molar-refractivity contribution in [3.63, 3.8) is 0 Å². The van der Waals surface area contributed by atoms with Crippen LogP contribution in [0.4, 0.5) is 0 Å². The summed E-state index contributed by atoms with van der Waals surface area (Å²) in [4.78, 5) is 5.02. The largest absolute Gasteiger partial charge is 1.00 e. The Morgan fingerprint density at radius 3 is 2.20 bits per heavy atom. The molecule has 0 amide bonds. The second kappa shape index (κ2) is 7.37. The Bertz CT molecular complexity index is 432. The van der Waals surface area contributed by atoms with E-state index in [1.165, 1.54) is 5.71 Å². The van der Waals surface area contributed by atoms with E-state index in [0.717, 1.165) is 17.6 Å². The molecule has 0 bridgehead atoms. The van der Waals surface area contributed by atoms with Crippen molar-refractivity contribution < 1.29 is 52.8 Å². The number of allylic oxidation sites excluding steroid dienone is 2. The number of nitrogens with zero attached hydrogens (tertiary/aromatic N) is 1. The number of hydrogen-bond donors (Lipinski definition) is 0. The molecule has 20 heavy (non-hydrogen) atoms. The van der Waals surface area contributed by atoms with Crippen LogP contribution in [0.2, 0.25) is 0 Å². The molecule has 1 rings (SSSR count). The Labute approximate surface area is 170 Å². The van der Waals surface area contributed by atoms with Crippen LogP contribution in [0, 0.1) is 29.4 Å². The molecule has 2 heteroatoms. The Hall–Kier alpha value is 0.786. The quantitative estimate of drug-likeness (QED) is 0.428. The van der Waals surface area contributed by atoms with Crippen LogP contribution in [0.5, 0.6) is 0 Å². The molecule has 0 aromatic carbocycles. The topological polar surface area (TPSA) is 12.4 Å². The average Bonchev–Trinajstić information content (AvgIpc) is 2.45. The maximum atomic E-state index is 5.84. The van der Waals surface area contributed by atoms with E-state index < -0.39 is 0 Å². The summed E-state index contributed by atoms with van der Waals surface area (Å²) >= 11 is 0. The van der Waals surface area contributed by atoms with E-state index >= 15 is 0 Å². The first-order chi connectivity index (χ1) is 8.55. The van der Waals surface area contributed by atoms with Crippen LogP contribution in [0.1, 0.15) is 63.2 Å². The second-order valence-electron chi connectivity index (χ2n) is 6.96. The molecule has 1 heterocycles. The van der Waals surface area contributed by atoms with Gasteiger partial charge in [-0.05, 0) is 11.8 Å². The van der Waals surface area contributed by atoms with Crippen LogP contribution >= 0.6 is 0 Å². The molecule has 0 N–H and O–H groups in total. The number of hydrogen-bond acceptors (Lipinski definition) is 1. The van der Waals surface area contributed by atoms with Crippen molar-refractivity contribution in [2.75, 3.05) is 0 Å². The van der Waals surface area contributed by atoms with E-state index in [9.17, 15) is 0 Å². The minimum Gasteiger partial charge on any atom is -1.00 e. The second-order valence-corrected chi connectivity index (χ2v) is 6.96. The smallest absolute Gasteiger partial charge is 1.00 e. The summed E-state index contributed by atoms with van der Waals surface area (Å²) in [5, 5.41) is 0. The standard InChI is InChI=1S/C18H29N.K.H/c1-10-15-17(6,7)18(8,9)16(19-15)14(5)11-13(4)12(2)3;;/h2,14,16H,10H2,1,3-9H3;;/q-2;+1;-1/i;;1+0. The van der Waals surface area contributed by atoms with Crippen LogP contribution in [0.25, 0.3) is 0 Å². The molecule has 1 aliphatic heterocycles. The van der Waals surface area contributed by atoms with Crippen molar-refractivity contribution in [2.45, 2.75) is 67.9 Å². The van der Waals surface area contributed by atoms with E-state index in [1.807, 2.05) is 13.8 Å². The predicted molar refractivity (Wildman–Crippen MR) is 85.3 cm³/mol. The Morgan fingerprint density at radius 1 is 1.35 bits per heavy atom. The van der Waals surface area contributed by atoms with E-state index in [1.54, 1.807) is 0 Å². The fourth-order valence-electron chi connectivity index (χ4n) is 3.04. The minimum atomic E-state index is 0. The molecule has 2 atom stereocenters. The summed E-state index contributed by atoms with van der Waals surface area (Å²) in [6.07, 6.45) is 4.54. The SMILES string of the molecule is [1H-].[CH-]=C(C)C(C)=[C-]C(C)C1N=C(CC)C(C)(C)C1(C)C.[K+]. The van der Waals surface area contributed by atoms with Gasteiger partial charge in [-0.3, -0.25) is 4.99 Å². The van der Waals surface area contributed by atoms with Gasteiger partial charge in [0.05, 0.1) is 0 Å². The zero-order valence-electron chi connectivity index (χ0n) is 15.9. The maximum Gasteiger partial charge on any atom is 1.00 e. The Morgan fingerprint density at radius 2 is 1.85 bits per heavy atom. The van der Waals surface area contributed by atoms with Gasteiger partial charge in [-0.1, -0.05) is 47.5 Å². The maximum absolute atomic E-state index is 5.84. The van der Waals surface area contributed by atoms with Crippen LogP contribution in [-0.4, -0.2) is 11.8 Å². The average molecular weight is 300 g/mol. The van der Waals surface area contributed by atoms with Crippen LogP contribution < -0.4 is 51.4 Å². The third-order valence-corrected chi connectivity index (χ3v) is 5.21. The predicted octanol–water partition coefficient (Wildman–Crippen LogP) is 2.15. The summed E-state index contributed by atoms with van der Waals surface area (Å²) < 4.78 is 0. The van der Waals surface area contributed by atoms with Crippen molar-refractivity contribution >= 4 is 5.71 Å².